The lowest BCUT2D eigenvalue weighted by atomic mass is 10.2. The number of ether oxygens (including phenoxy) is 2. The van der Waals surface area contributed by atoms with Gasteiger partial charge in [-0.15, -0.1) is 0 Å². The number of carbonyl (C=O) groups excluding carboxylic acids is 2. The summed E-state index contributed by atoms with van der Waals surface area (Å²) in [5.41, 5.74) is -0.597. The van der Waals surface area contributed by atoms with Crippen molar-refractivity contribution in [2.24, 2.45) is 5.72 Å². The van der Waals surface area contributed by atoms with Crippen LogP contribution in [0.15, 0.2) is 24.3 Å². The van der Waals surface area contributed by atoms with Crippen molar-refractivity contribution in [3.63, 3.8) is 0 Å². The zero-order valence-electron chi connectivity index (χ0n) is 27.0. The second-order valence-corrected chi connectivity index (χ2v) is 3.66. The Balaban J connectivity index is 3.40. The van der Waals surface area contributed by atoms with Crippen molar-refractivity contribution in [1.82, 2.24) is 5.31 Å². The molecular formula is C16H24N3O4+. The van der Waals surface area contributed by atoms with Gasteiger partial charge in [0.05, 0.1) is 21.4 Å². The number of hydrogen-bond acceptors (Lipinski definition) is 4. The molecule has 0 unspecified atom stereocenters. The average molecular weight is 337 g/mol. The Morgan fingerprint density at radius 2 is 2.17 bits per heavy atom. The first-order valence-electron chi connectivity index (χ1n) is 13.5. The molecule has 126 valence electrons. The highest BCUT2D eigenvalue weighted by atomic mass is 16.5. The Morgan fingerprint density at radius 1 is 1.39 bits per heavy atom. The van der Waals surface area contributed by atoms with E-state index < -0.39 is 72.1 Å². The van der Waals surface area contributed by atoms with E-state index in [4.69, 9.17) is 30.2 Å². The molecule has 0 heterocycles. The number of hydrogen-bond donors (Lipinski definition) is 3. The van der Waals surface area contributed by atoms with Gasteiger partial charge in [-0.05, 0) is 50.3 Å². The fourth-order valence-electron chi connectivity index (χ4n) is 1.23. The lowest BCUT2D eigenvalue weighted by molar-refractivity contribution is -0.134. The fourth-order valence-corrected chi connectivity index (χ4v) is 1.23. The number of nitrogens with one attached hydrogen (secondary N) is 1. The van der Waals surface area contributed by atoms with Crippen LogP contribution in [0, 0.1) is 0 Å². The summed E-state index contributed by atoms with van der Waals surface area (Å²) in [4.78, 5) is 24.3. The van der Waals surface area contributed by atoms with Crippen LogP contribution in [0.3, 0.4) is 0 Å². The molecule has 1 rings (SSSR count). The molecule has 0 aromatic heterocycles. The van der Waals surface area contributed by atoms with Gasteiger partial charge in [0.2, 0.25) is 0 Å². The van der Waals surface area contributed by atoms with Gasteiger partial charge in [0.15, 0.2) is 0 Å². The molecule has 5 N–H and O–H groups in total. The first kappa shape index (κ1) is 6.14. The van der Waals surface area contributed by atoms with E-state index in [1.54, 1.807) is 6.92 Å². The summed E-state index contributed by atoms with van der Waals surface area (Å²) in [5, 5.41) is -1.37. The largest absolute Gasteiger partial charge is 0.462 e. The lowest BCUT2D eigenvalue weighted by Crippen LogP contribution is -2.54. The summed E-state index contributed by atoms with van der Waals surface area (Å²) < 4.78 is 125. The van der Waals surface area contributed by atoms with Gasteiger partial charge < -0.3 is 9.47 Å². The Kier molecular flexibility index (Phi) is 2.73. The van der Waals surface area contributed by atoms with Crippen molar-refractivity contribution in [1.29, 1.82) is 0 Å². The van der Waals surface area contributed by atoms with Crippen molar-refractivity contribution < 1.29 is 45.2 Å². The molecule has 1 aromatic carbocycles. The van der Waals surface area contributed by atoms with Crippen LogP contribution in [0.25, 0.3) is 0 Å². The van der Waals surface area contributed by atoms with E-state index in [9.17, 15) is 9.59 Å². The number of benzene rings is 1. The van der Waals surface area contributed by atoms with Gasteiger partial charge in [0.25, 0.3) is 7.06 Å². The molecule has 7 nitrogen and oxygen atoms in total. The maximum atomic E-state index is 12.6. The van der Waals surface area contributed by atoms with Crippen LogP contribution < -0.4 is 21.2 Å². The van der Waals surface area contributed by atoms with Crippen molar-refractivity contribution >= 4 is 17.9 Å². The number of esters is 2. The summed E-state index contributed by atoms with van der Waals surface area (Å²) >= 11 is 0. The monoisotopic (exact) mass is 337 g/mol. The second-order valence-electron chi connectivity index (χ2n) is 3.66. The molecule has 0 atom stereocenters. The predicted molar refractivity (Wildman–Crippen MR) is 85.6 cm³/mol. The third-order valence-corrected chi connectivity index (χ3v) is 2.08. The Morgan fingerprint density at radius 3 is 2.83 bits per heavy atom. The van der Waals surface area contributed by atoms with Crippen LogP contribution in [0.2, 0.25) is 7.06 Å². The highest BCUT2D eigenvalue weighted by molar-refractivity contribution is 5.89. The highest BCUT2D eigenvalue weighted by Crippen LogP contribution is 2.14. The number of rotatable bonds is 9. The summed E-state index contributed by atoms with van der Waals surface area (Å²) in [6.07, 6.45) is -16.7. The van der Waals surface area contributed by atoms with E-state index in [0.29, 0.717) is 0 Å². The molecular weight excluding hydrogens is 298 g/mol. The molecule has 1 aromatic rings. The van der Waals surface area contributed by atoms with Gasteiger partial charge in [-0.25, -0.2) is 4.79 Å². The minimum Gasteiger partial charge on any atom is -0.462 e. The third-order valence-electron chi connectivity index (χ3n) is 2.08. The lowest BCUT2D eigenvalue weighted by Gasteiger charge is -2.06. The van der Waals surface area contributed by atoms with E-state index in [-0.39, 0.29) is 12.2 Å². The Labute approximate surface area is 157 Å². The first-order valence-corrected chi connectivity index (χ1v) is 6.23. The van der Waals surface area contributed by atoms with Gasteiger partial charge in [0.1, 0.15) is 5.75 Å². The van der Waals surface area contributed by atoms with Crippen LogP contribution in [0.1, 0.15) is 56.5 Å². The molecule has 0 amide bonds. The molecule has 23 heavy (non-hydrogen) atoms. The fraction of sp³-hybridized carbons (Fsp3) is 0.438. The molecule has 0 saturated carbocycles. The topological polar surface area (TPSA) is 116 Å². The van der Waals surface area contributed by atoms with Crippen LogP contribution in [-0.2, 0) is 9.53 Å². The van der Waals surface area contributed by atoms with Crippen molar-refractivity contribution in [3.8, 4) is 5.75 Å². The number of guanidine groups is 1. The molecule has 0 bridgehead atoms. The zero-order valence-corrected chi connectivity index (χ0v) is 12.0. The number of nitrogens with two attached hydrogens (primary N) is 2. The van der Waals surface area contributed by atoms with Crippen molar-refractivity contribution in [3.05, 3.63) is 29.8 Å². The maximum absolute atomic E-state index is 12.6. The van der Waals surface area contributed by atoms with Gasteiger partial charge in [0, 0.05) is 17.3 Å². The quantitative estimate of drug-likeness (QED) is 0.253. The molecule has 0 radical (unpaired) electrons. The van der Waals surface area contributed by atoms with Gasteiger partial charge in [-0.2, -0.15) is 0 Å². The van der Waals surface area contributed by atoms with E-state index in [1.807, 2.05) is 0 Å². The third kappa shape index (κ3) is 7.85. The minimum atomic E-state index is -4.28. The molecule has 0 saturated heterocycles. The molecule has 0 spiro atoms. The standard InChI is InChI=1S/C16H23N3O4/c1-2-22-15(21)12-7-9-13(10-8-12)23-14(20)6-4-3-5-11-19-16(17)18/h7-10H,2-6,11H2,1H3,(H4,17,18,19)/p+1/i3D2,4D2,5D2,6D2,11D2/hD5. The van der Waals surface area contributed by atoms with Gasteiger partial charge >= 0.3 is 17.9 Å². The van der Waals surface area contributed by atoms with Gasteiger partial charge in [-0.1, -0.05) is 0 Å². The van der Waals surface area contributed by atoms with Crippen molar-refractivity contribution in [2.75, 3.05) is 13.1 Å². The molecule has 0 aliphatic carbocycles. The van der Waals surface area contributed by atoms with E-state index in [0.717, 1.165) is 24.3 Å². The first-order chi connectivity index (χ1) is 17.0. The van der Waals surface area contributed by atoms with Crippen molar-refractivity contribution in [2.45, 2.75) is 32.4 Å². The van der Waals surface area contributed by atoms with Crippen LogP contribution in [0.4, 0.5) is 0 Å². The summed E-state index contributed by atoms with van der Waals surface area (Å²) in [6, 6.07) is 4.33. The van der Waals surface area contributed by atoms with E-state index in [2.05, 4.69) is 0 Å². The Hall–Kier alpha value is -2.57. The second kappa shape index (κ2) is 10.2. The zero-order chi connectivity index (χ0) is 30.1. The normalized spacial score (nSPS) is 22.2. The summed E-state index contributed by atoms with van der Waals surface area (Å²) in [6.45, 7) is -2.41. The van der Waals surface area contributed by atoms with E-state index in [1.165, 1.54) is 0 Å². The molecule has 0 aliphatic rings. The average Bonchev–Trinajstić information content (AvgIpc) is 2.78. The molecule has 0 fully saturated rings. The Bertz CT molecular complexity index is 1060. The SMILES string of the molecule is [2H]N([2H])C(N([2H])C([2H])([2H])C([2H])([2H])C([2H])([2H])C([2H])([2H])C([2H])([2H])C(=O)Oc1ccc(C(=O)OCC)cc1)=[N+]([2H])[2H]. The minimum absolute atomic E-state index is 0.0331. The highest BCUT2D eigenvalue weighted by Gasteiger charge is 2.08. The predicted octanol–water partition coefficient (Wildman–Crippen LogP) is -0.00750. The van der Waals surface area contributed by atoms with Crippen LogP contribution >= 0.6 is 0 Å². The van der Waals surface area contributed by atoms with E-state index >= 15 is 0 Å². The van der Waals surface area contributed by atoms with Gasteiger partial charge in [-0.3, -0.25) is 21.2 Å². The number of carbonyl (C=O) groups is 2. The summed E-state index contributed by atoms with van der Waals surface area (Å²) in [5.74, 6) is -4.74. The summed E-state index contributed by atoms with van der Waals surface area (Å²) in [7, 11) is 0. The van der Waals surface area contributed by atoms with Crippen LogP contribution in [-0.4, -0.2) is 31.0 Å². The van der Waals surface area contributed by atoms with Crippen LogP contribution in [0.5, 0.6) is 5.75 Å². The molecule has 0 aliphatic heterocycles. The maximum Gasteiger partial charge on any atom is 0.338 e. The molecule has 7 heteroatoms. The smallest absolute Gasteiger partial charge is 0.338 e.